The van der Waals surface area contributed by atoms with Crippen molar-refractivity contribution in [3.05, 3.63) is 64.2 Å². The number of likely N-dealkylation sites (N-methyl/N-ethyl adjacent to an activating group) is 1. The van der Waals surface area contributed by atoms with E-state index in [4.69, 9.17) is 0 Å². The number of amides is 1. The molecule has 1 aliphatic heterocycles. The standard InChI is InChI=1S/C20H24N4O5S/c1-22(2)18-6-4-12-23(14-18)20(25)15-8-10-16(11-9-15)21-30(28,29)19-7-3-5-17(13-19)24(26)27/h3,5,7-11,13,18,21H,4,6,12,14H2,1-2H3. The van der Waals surface area contributed by atoms with Gasteiger partial charge in [0, 0.05) is 42.5 Å². The molecule has 0 saturated carbocycles. The third kappa shape index (κ3) is 4.95. The van der Waals surface area contributed by atoms with Gasteiger partial charge in [-0.05, 0) is 57.3 Å². The van der Waals surface area contributed by atoms with Crippen molar-refractivity contribution in [2.45, 2.75) is 23.8 Å². The molecule has 1 heterocycles. The molecule has 1 saturated heterocycles. The molecule has 1 amide bonds. The number of nitro groups is 1. The van der Waals surface area contributed by atoms with Gasteiger partial charge >= 0.3 is 0 Å². The van der Waals surface area contributed by atoms with Crippen LogP contribution in [0.5, 0.6) is 0 Å². The number of anilines is 1. The predicted octanol–water partition coefficient (Wildman–Crippen LogP) is 2.56. The second-order valence-electron chi connectivity index (χ2n) is 7.45. The van der Waals surface area contributed by atoms with Crippen LogP contribution in [-0.4, -0.2) is 62.3 Å². The third-order valence-corrected chi connectivity index (χ3v) is 6.52. The lowest BCUT2D eigenvalue weighted by atomic mass is 10.0. The number of hydrogen-bond donors (Lipinski definition) is 1. The molecule has 1 fully saturated rings. The normalized spacial score (nSPS) is 17.0. The minimum atomic E-state index is -4.00. The number of nitrogens with one attached hydrogen (secondary N) is 1. The average molecular weight is 433 g/mol. The molecular weight excluding hydrogens is 408 g/mol. The van der Waals surface area contributed by atoms with Crippen molar-refractivity contribution in [2.75, 3.05) is 31.9 Å². The summed E-state index contributed by atoms with van der Waals surface area (Å²) in [4.78, 5) is 26.7. The van der Waals surface area contributed by atoms with Gasteiger partial charge in [-0.3, -0.25) is 19.6 Å². The van der Waals surface area contributed by atoms with Gasteiger partial charge in [-0.25, -0.2) is 8.42 Å². The molecular formula is C20H24N4O5S. The lowest BCUT2D eigenvalue weighted by Crippen LogP contribution is -2.47. The molecule has 1 N–H and O–H groups in total. The summed E-state index contributed by atoms with van der Waals surface area (Å²) in [6, 6.07) is 11.3. The van der Waals surface area contributed by atoms with E-state index in [1.807, 2.05) is 19.0 Å². The first kappa shape index (κ1) is 21.7. The number of rotatable bonds is 6. The van der Waals surface area contributed by atoms with Gasteiger partial charge in [0.15, 0.2) is 0 Å². The topological polar surface area (TPSA) is 113 Å². The molecule has 160 valence electrons. The fourth-order valence-electron chi connectivity index (χ4n) is 3.40. The Hall–Kier alpha value is -2.98. The summed E-state index contributed by atoms with van der Waals surface area (Å²) in [7, 11) is 0.00673. The highest BCUT2D eigenvalue weighted by atomic mass is 32.2. The SMILES string of the molecule is CN(C)C1CCCN(C(=O)c2ccc(NS(=O)(=O)c3cccc([N+](=O)[O-])c3)cc2)C1. The highest BCUT2D eigenvalue weighted by Crippen LogP contribution is 2.22. The van der Waals surface area contributed by atoms with Gasteiger partial charge in [0.1, 0.15) is 0 Å². The largest absolute Gasteiger partial charge is 0.337 e. The lowest BCUT2D eigenvalue weighted by Gasteiger charge is -2.36. The van der Waals surface area contributed by atoms with Gasteiger partial charge in [0.05, 0.1) is 9.82 Å². The Morgan fingerprint density at radius 1 is 1.20 bits per heavy atom. The molecule has 30 heavy (non-hydrogen) atoms. The smallest absolute Gasteiger partial charge is 0.270 e. The van der Waals surface area contributed by atoms with Gasteiger partial charge in [0.25, 0.3) is 21.6 Å². The Morgan fingerprint density at radius 3 is 2.53 bits per heavy atom. The molecule has 1 unspecified atom stereocenters. The number of benzene rings is 2. The van der Waals surface area contributed by atoms with Crippen LogP contribution in [0.4, 0.5) is 11.4 Å². The quantitative estimate of drug-likeness (QED) is 0.554. The summed E-state index contributed by atoms with van der Waals surface area (Å²) in [6.45, 7) is 1.36. The van der Waals surface area contributed by atoms with Crippen molar-refractivity contribution >= 4 is 27.3 Å². The predicted molar refractivity (Wildman–Crippen MR) is 113 cm³/mol. The molecule has 0 radical (unpaired) electrons. The summed E-state index contributed by atoms with van der Waals surface area (Å²) in [5.74, 6) is -0.0883. The molecule has 10 heteroatoms. The van der Waals surface area contributed by atoms with Crippen LogP contribution in [0.25, 0.3) is 0 Å². The Bertz CT molecular complexity index is 1040. The van der Waals surface area contributed by atoms with Crippen LogP contribution in [0.1, 0.15) is 23.2 Å². The van der Waals surface area contributed by atoms with Gasteiger partial charge in [-0.15, -0.1) is 0 Å². The molecule has 2 aromatic rings. The van der Waals surface area contributed by atoms with Crippen LogP contribution in [0.15, 0.2) is 53.4 Å². The van der Waals surface area contributed by atoms with Gasteiger partial charge < -0.3 is 9.80 Å². The van der Waals surface area contributed by atoms with Crippen molar-refractivity contribution in [3.8, 4) is 0 Å². The van der Waals surface area contributed by atoms with E-state index >= 15 is 0 Å². The zero-order valence-electron chi connectivity index (χ0n) is 16.8. The van der Waals surface area contributed by atoms with Crippen LogP contribution in [0.2, 0.25) is 0 Å². The third-order valence-electron chi connectivity index (χ3n) is 5.14. The summed E-state index contributed by atoms with van der Waals surface area (Å²) >= 11 is 0. The Labute approximate surface area is 175 Å². The van der Waals surface area contributed by atoms with Crippen molar-refractivity contribution < 1.29 is 18.1 Å². The van der Waals surface area contributed by atoms with Crippen LogP contribution in [0, 0.1) is 10.1 Å². The molecule has 0 spiro atoms. The number of likely N-dealkylation sites (tertiary alicyclic amines) is 1. The zero-order chi connectivity index (χ0) is 21.9. The summed E-state index contributed by atoms with van der Waals surface area (Å²) in [5, 5.41) is 10.9. The van der Waals surface area contributed by atoms with Crippen LogP contribution >= 0.6 is 0 Å². The summed E-state index contributed by atoms with van der Waals surface area (Å²) in [6.07, 6.45) is 1.99. The van der Waals surface area contributed by atoms with Gasteiger partial charge in [-0.1, -0.05) is 6.07 Å². The molecule has 1 atom stereocenters. The monoisotopic (exact) mass is 432 g/mol. The number of carbonyl (C=O) groups excluding carboxylic acids is 1. The average Bonchev–Trinajstić information content (AvgIpc) is 2.73. The Kier molecular flexibility index (Phi) is 6.37. The lowest BCUT2D eigenvalue weighted by molar-refractivity contribution is -0.385. The number of sulfonamides is 1. The highest BCUT2D eigenvalue weighted by Gasteiger charge is 2.25. The molecule has 2 aromatic carbocycles. The number of piperidine rings is 1. The van der Waals surface area contributed by atoms with E-state index in [1.54, 1.807) is 12.1 Å². The Balaban J connectivity index is 1.72. The highest BCUT2D eigenvalue weighted by molar-refractivity contribution is 7.92. The fourth-order valence-corrected chi connectivity index (χ4v) is 4.50. The maximum absolute atomic E-state index is 12.8. The second kappa shape index (κ2) is 8.80. The van der Waals surface area contributed by atoms with E-state index in [0.717, 1.165) is 18.9 Å². The number of hydrogen-bond acceptors (Lipinski definition) is 6. The van der Waals surface area contributed by atoms with E-state index in [0.29, 0.717) is 24.7 Å². The summed E-state index contributed by atoms with van der Waals surface area (Å²) < 4.78 is 27.4. The van der Waals surface area contributed by atoms with E-state index in [1.165, 1.54) is 30.3 Å². The maximum Gasteiger partial charge on any atom is 0.270 e. The van der Waals surface area contributed by atoms with Crippen molar-refractivity contribution in [3.63, 3.8) is 0 Å². The van der Waals surface area contributed by atoms with Crippen molar-refractivity contribution in [1.82, 2.24) is 9.80 Å². The van der Waals surface area contributed by atoms with Crippen molar-refractivity contribution in [1.29, 1.82) is 0 Å². The van der Waals surface area contributed by atoms with E-state index in [-0.39, 0.29) is 22.2 Å². The first-order chi connectivity index (χ1) is 14.2. The Morgan fingerprint density at radius 2 is 1.90 bits per heavy atom. The molecule has 1 aliphatic rings. The number of carbonyl (C=O) groups is 1. The fraction of sp³-hybridized carbons (Fsp3) is 0.350. The molecule has 3 rings (SSSR count). The van der Waals surface area contributed by atoms with Crippen LogP contribution in [-0.2, 0) is 10.0 Å². The second-order valence-corrected chi connectivity index (χ2v) is 9.13. The van der Waals surface area contributed by atoms with E-state index in [9.17, 15) is 23.3 Å². The zero-order valence-corrected chi connectivity index (χ0v) is 17.6. The van der Waals surface area contributed by atoms with E-state index < -0.39 is 14.9 Å². The minimum Gasteiger partial charge on any atom is -0.337 e. The van der Waals surface area contributed by atoms with Crippen LogP contribution in [0.3, 0.4) is 0 Å². The molecule has 9 nitrogen and oxygen atoms in total. The molecule has 0 aromatic heterocycles. The number of nitrogens with zero attached hydrogens (tertiary/aromatic N) is 3. The molecule has 0 bridgehead atoms. The maximum atomic E-state index is 12.8. The summed E-state index contributed by atoms with van der Waals surface area (Å²) in [5.41, 5.74) is 0.437. The first-order valence-corrected chi connectivity index (χ1v) is 11.0. The van der Waals surface area contributed by atoms with Gasteiger partial charge in [0.2, 0.25) is 0 Å². The van der Waals surface area contributed by atoms with Crippen LogP contribution < -0.4 is 4.72 Å². The van der Waals surface area contributed by atoms with E-state index in [2.05, 4.69) is 9.62 Å². The number of nitro benzene ring substituents is 1. The minimum absolute atomic E-state index is 0.0883. The molecule has 0 aliphatic carbocycles. The van der Waals surface area contributed by atoms with Crippen molar-refractivity contribution in [2.24, 2.45) is 0 Å². The number of non-ortho nitro benzene ring substituents is 1. The first-order valence-electron chi connectivity index (χ1n) is 9.50. The van der Waals surface area contributed by atoms with Gasteiger partial charge in [-0.2, -0.15) is 0 Å².